The van der Waals surface area contributed by atoms with Gasteiger partial charge in [0.15, 0.2) is 23.1 Å². The number of aromatic nitrogens is 3. The van der Waals surface area contributed by atoms with Gasteiger partial charge in [0.05, 0.1) is 17.5 Å². The summed E-state index contributed by atoms with van der Waals surface area (Å²) in [6, 6.07) is 3.83. The third kappa shape index (κ3) is 3.12. The Labute approximate surface area is 159 Å². The van der Waals surface area contributed by atoms with Gasteiger partial charge in [-0.25, -0.2) is 23.7 Å². The Hall–Kier alpha value is -3.23. The molecule has 0 bridgehead atoms. The van der Waals surface area contributed by atoms with Gasteiger partial charge in [-0.15, -0.1) is 0 Å². The number of rotatable bonds is 4. The van der Waals surface area contributed by atoms with Crippen molar-refractivity contribution in [1.29, 1.82) is 10.9 Å². The first-order chi connectivity index (χ1) is 13.6. The second-order valence-corrected chi connectivity index (χ2v) is 6.91. The fourth-order valence-corrected chi connectivity index (χ4v) is 3.90. The Kier molecular flexibility index (Phi) is 4.81. The van der Waals surface area contributed by atoms with E-state index in [4.69, 9.17) is 10.9 Å². The van der Waals surface area contributed by atoms with Gasteiger partial charge in [-0.1, -0.05) is 30.6 Å². The molecule has 28 heavy (non-hydrogen) atoms. The summed E-state index contributed by atoms with van der Waals surface area (Å²) in [6.07, 6.45) is 8.44. The molecule has 0 atom stereocenters. The smallest absolute Gasteiger partial charge is 0.166 e. The van der Waals surface area contributed by atoms with Crippen LogP contribution in [0.3, 0.4) is 0 Å². The molecule has 144 valence electrons. The van der Waals surface area contributed by atoms with Gasteiger partial charge in [0.2, 0.25) is 0 Å². The molecule has 4 rings (SSSR count). The topological polar surface area (TPSA) is 102 Å². The number of nitrogens with zero attached hydrogens (tertiary/aromatic N) is 4. The molecule has 1 fully saturated rings. The predicted molar refractivity (Wildman–Crippen MR) is 99.3 cm³/mol. The number of amidine groups is 1. The second-order valence-electron chi connectivity index (χ2n) is 6.91. The molecule has 7 nitrogen and oxygen atoms in total. The molecule has 0 spiro atoms. The Balaban J connectivity index is 1.92. The molecule has 9 heteroatoms. The molecule has 1 aliphatic rings. The lowest BCUT2D eigenvalue weighted by Crippen LogP contribution is -2.17. The van der Waals surface area contributed by atoms with E-state index in [2.05, 4.69) is 20.7 Å². The van der Waals surface area contributed by atoms with Crippen LogP contribution in [0.2, 0.25) is 0 Å². The number of hydrogen-bond donors (Lipinski definition) is 3. The summed E-state index contributed by atoms with van der Waals surface area (Å²) in [5, 5.41) is 15.5. The van der Waals surface area contributed by atoms with Crippen molar-refractivity contribution < 1.29 is 8.78 Å². The predicted octanol–water partition coefficient (Wildman–Crippen LogP) is 4.58. The van der Waals surface area contributed by atoms with Crippen molar-refractivity contribution in [2.24, 2.45) is 5.22 Å². The van der Waals surface area contributed by atoms with Crippen LogP contribution in [0.4, 0.5) is 8.78 Å². The molecule has 0 unspecified atom stereocenters. The fourth-order valence-electron chi connectivity index (χ4n) is 3.90. The number of halogens is 2. The molecular formula is C19H19F2N7. The van der Waals surface area contributed by atoms with Crippen LogP contribution in [0, 0.1) is 22.6 Å². The lowest BCUT2D eigenvalue weighted by Gasteiger charge is -2.25. The molecule has 1 aromatic carbocycles. The van der Waals surface area contributed by atoms with Gasteiger partial charge >= 0.3 is 0 Å². The van der Waals surface area contributed by atoms with Crippen LogP contribution in [0.15, 0.2) is 35.8 Å². The van der Waals surface area contributed by atoms with Crippen LogP contribution in [0.5, 0.6) is 0 Å². The van der Waals surface area contributed by atoms with Crippen LogP contribution < -0.4 is 5.43 Å². The van der Waals surface area contributed by atoms with Crippen molar-refractivity contribution in [2.45, 2.75) is 38.0 Å². The van der Waals surface area contributed by atoms with E-state index >= 15 is 0 Å². The summed E-state index contributed by atoms with van der Waals surface area (Å²) < 4.78 is 29.0. The molecule has 1 aliphatic carbocycles. The molecule has 0 radical (unpaired) electrons. The zero-order valence-corrected chi connectivity index (χ0v) is 15.0. The van der Waals surface area contributed by atoms with Crippen LogP contribution >= 0.6 is 0 Å². The van der Waals surface area contributed by atoms with Gasteiger partial charge in [0.1, 0.15) is 0 Å². The normalized spacial score (nSPS) is 14.9. The van der Waals surface area contributed by atoms with Crippen molar-refractivity contribution >= 4 is 11.5 Å². The fraction of sp³-hybridized carbons (Fsp3) is 0.316. The van der Waals surface area contributed by atoms with Crippen molar-refractivity contribution in [3.8, 4) is 11.1 Å². The van der Waals surface area contributed by atoms with Crippen LogP contribution in [-0.2, 0) is 0 Å². The third-order valence-corrected chi connectivity index (χ3v) is 5.22. The summed E-state index contributed by atoms with van der Waals surface area (Å²) in [7, 11) is 0. The summed E-state index contributed by atoms with van der Waals surface area (Å²) in [4.78, 5) is 4.43. The van der Waals surface area contributed by atoms with Crippen molar-refractivity contribution in [2.75, 3.05) is 0 Å². The van der Waals surface area contributed by atoms with Crippen LogP contribution in [0.1, 0.15) is 49.3 Å². The number of fused-ring (bicyclic) bond motifs is 1. The zero-order valence-electron chi connectivity index (χ0n) is 15.0. The first-order valence-corrected chi connectivity index (χ1v) is 9.13. The average molecular weight is 383 g/mol. The van der Waals surface area contributed by atoms with E-state index in [0.29, 0.717) is 22.3 Å². The lowest BCUT2D eigenvalue weighted by atomic mass is 9.84. The highest BCUT2D eigenvalue weighted by Crippen LogP contribution is 2.38. The monoisotopic (exact) mass is 383 g/mol. The highest BCUT2D eigenvalue weighted by molar-refractivity contribution is 6.01. The van der Waals surface area contributed by atoms with E-state index in [1.807, 2.05) is 0 Å². The minimum Gasteiger partial charge on any atom is -0.283 e. The number of hydrogen-bond acceptors (Lipinski definition) is 5. The Morgan fingerprint density at radius 3 is 2.64 bits per heavy atom. The number of nitrogens with one attached hydrogen (secondary N) is 3. The molecule has 3 aromatic rings. The highest BCUT2D eigenvalue weighted by Gasteiger charge is 2.25. The van der Waals surface area contributed by atoms with E-state index in [1.165, 1.54) is 18.7 Å². The average Bonchev–Trinajstić information content (AvgIpc) is 3.14. The van der Waals surface area contributed by atoms with Gasteiger partial charge < -0.3 is 0 Å². The van der Waals surface area contributed by atoms with E-state index in [0.717, 1.165) is 37.4 Å². The Morgan fingerprint density at radius 1 is 1.14 bits per heavy atom. The highest BCUT2D eigenvalue weighted by atomic mass is 19.2. The van der Waals surface area contributed by atoms with E-state index in [1.54, 1.807) is 16.8 Å². The molecule has 1 saturated carbocycles. The minimum atomic E-state index is -0.906. The Morgan fingerprint density at radius 2 is 1.93 bits per heavy atom. The van der Waals surface area contributed by atoms with Gasteiger partial charge in [-0.05, 0) is 30.5 Å². The van der Waals surface area contributed by atoms with E-state index in [-0.39, 0.29) is 11.8 Å². The quantitative estimate of drug-likeness (QED) is 0.266. The van der Waals surface area contributed by atoms with Gasteiger partial charge in [-0.3, -0.25) is 5.41 Å². The first-order valence-electron chi connectivity index (χ1n) is 9.13. The summed E-state index contributed by atoms with van der Waals surface area (Å²) in [6.45, 7) is 0. The maximum absolute atomic E-state index is 13.9. The molecule has 0 amide bonds. The standard InChI is InChI=1S/C19H19F2N7/c20-15-7-6-12(8-16(15)21)13-9-24-19-14(18(22)26-27-23)10-25-28(19)17(13)11-4-2-1-3-5-11/h6-11H,1-5H2,(H3,22,23,26). The van der Waals surface area contributed by atoms with Crippen molar-refractivity contribution in [3.63, 3.8) is 0 Å². The lowest BCUT2D eigenvalue weighted by molar-refractivity contribution is 0.431. The van der Waals surface area contributed by atoms with Crippen LogP contribution in [0.25, 0.3) is 16.8 Å². The maximum atomic E-state index is 13.9. The molecular weight excluding hydrogens is 364 g/mol. The summed E-state index contributed by atoms with van der Waals surface area (Å²) >= 11 is 0. The largest absolute Gasteiger partial charge is 0.283 e. The number of benzene rings is 1. The molecule has 0 saturated heterocycles. The summed E-state index contributed by atoms with van der Waals surface area (Å²) in [5.74, 6) is -1.67. The minimum absolute atomic E-state index is 0.0762. The van der Waals surface area contributed by atoms with E-state index in [9.17, 15) is 8.78 Å². The Bertz CT molecular complexity index is 1050. The van der Waals surface area contributed by atoms with Crippen molar-refractivity contribution in [1.82, 2.24) is 20.0 Å². The molecule has 3 N–H and O–H groups in total. The maximum Gasteiger partial charge on any atom is 0.166 e. The van der Waals surface area contributed by atoms with Crippen molar-refractivity contribution in [3.05, 3.63) is 53.5 Å². The SMILES string of the molecule is N=NNC(=N)c1cnn2c(C3CCCCC3)c(-c3ccc(F)c(F)c3)cnc12. The van der Waals surface area contributed by atoms with Crippen LogP contribution in [-0.4, -0.2) is 20.4 Å². The second kappa shape index (κ2) is 7.41. The van der Waals surface area contributed by atoms with Gasteiger partial charge in [0.25, 0.3) is 0 Å². The zero-order chi connectivity index (χ0) is 19.7. The molecule has 0 aliphatic heterocycles. The molecule has 2 aromatic heterocycles. The first kappa shape index (κ1) is 18.1. The van der Waals surface area contributed by atoms with Gasteiger partial charge in [-0.2, -0.15) is 10.6 Å². The van der Waals surface area contributed by atoms with E-state index < -0.39 is 11.6 Å². The van der Waals surface area contributed by atoms with Gasteiger partial charge in [0, 0.05) is 17.7 Å². The molecule has 2 heterocycles. The third-order valence-electron chi connectivity index (χ3n) is 5.22. The summed E-state index contributed by atoms with van der Waals surface area (Å²) in [5.41, 5.74) is 12.2.